The van der Waals surface area contributed by atoms with Crippen LogP contribution in [-0.2, 0) is 17.6 Å². The van der Waals surface area contributed by atoms with Gasteiger partial charge in [0.05, 0.1) is 0 Å². The quantitative estimate of drug-likeness (QED) is 0.273. The lowest BCUT2D eigenvalue weighted by Gasteiger charge is -2.19. The Labute approximate surface area is 161 Å². The maximum atomic E-state index is 11.4. The Bertz CT molecular complexity index is 572. The molecule has 0 atom stereocenters. The Hall–Kier alpha value is -1.31. The number of nitrogens with one attached hydrogen (secondary N) is 2. The molecule has 0 aromatic heterocycles. The first-order valence-corrected chi connectivity index (χ1v) is 8.53. The Balaban J connectivity index is 0.00000288. The molecular formula is C18H29IN4O. The van der Waals surface area contributed by atoms with Gasteiger partial charge in [0, 0.05) is 24.7 Å². The van der Waals surface area contributed by atoms with Gasteiger partial charge in [0.1, 0.15) is 0 Å². The van der Waals surface area contributed by atoms with E-state index in [1.807, 2.05) is 13.8 Å². The molecule has 1 aromatic carbocycles. The topological polar surface area (TPSA) is 79.5 Å². The van der Waals surface area contributed by atoms with E-state index in [0.29, 0.717) is 19.0 Å². The summed E-state index contributed by atoms with van der Waals surface area (Å²) in [5.41, 5.74) is 9.86. The first-order valence-electron chi connectivity index (χ1n) is 8.53. The van der Waals surface area contributed by atoms with Crippen LogP contribution in [0.1, 0.15) is 44.2 Å². The molecule has 5 nitrogen and oxygen atoms in total. The molecule has 0 radical (unpaired) electrons. The van der Waals surface area contributed by atoms with Crippen LogP contribution in [0.4, 0.5) is 5.69 Å². The summed E-state index contributed by atoms with van der Waals surface area (Å²) in [6.07, 6.45) is 5.54. The number of nitrogens with zero attached hydrogens (tertiary/aromatic N) is 1. The molecule has 0 aliphatic heterocycles. The van der Waals surface area contributed by atoms with Crippen molar-refractivity contribution in [1.82, 2.24) is 5.32 Å². The average molecular weight is 444 g/mol. The van der Waals surface area contributed by atoms with Gasteiger partial charge >= 0.3 is 0 Å². The highest BCUT2D eigenvalue weighted by Gasteiger charge is 2.13. The second-order valence-corrected chi connectivity index (χ2v) is 6.34. The number of aryl methyl sites for hydroxylation is 1. The van der Waals surface area contributed by atoms with Crippen molar-refractivity contribution < 1.29 is 4.79 Å². The fourth-order valence-corrected chi connectivity index (χ4v) is 2.77. The summed E-state index contributed by atoms with van der Waals surface area (Å²) in [5, 5.41) is 6.11. The highest BCUT2D eigenvalue weighted by Crippen LogP contribution is 2.27. The molecule has 1 aliphatic carbocycles. The number of benzene rings is 1. The number of amides is 1. The summed E-state index contributed by atoms with van der Waals surface area (Å²) in [7, 11) is 0. The molecule has 134 valence electrons. The van der Waals surface area contributed by atoms with Gasteiger partial charge in [-0.1, -0.05) is 26.0 Å². The van der Waals surface area contributed by atoms with Crippen molar-refractivity contribution in [3.8, 4) is 0 Å². The van der Waals surface area contributed by atoms with Gasteiger partial charge < -0.3 is 16.4 Å². The third kappa shape index (κ3) is 6.30. The maximum Gasteiger partial charge on any atom is 0.222 e. The van der Waals surface area contributed by atoms with Crippen molar-refractivity contribution in [2.24, 2.45) is 16.6 Å². The number of nitrogens with two attached hydrogens (primary N) is 1. The number of carbonyl (C=O) groups is 1. The van der Waals surface area contributed by atoms with E-state index in [1.54, 1.807) is 0 Å². The molecule has 0 saturated carbocycles. The molecule has 0 bridgehead atoms. The van der Waals surface area contributed by atoms with Crippen LogP contribution in [0.15, 0.2) is 23.2 Å². The average Bonchev–Trinajstić information content (AvgIpc) is 2.54. The second-order valence-electron chi connectivity index (χ2n) is 6.34. The van der Waals surface area contributed by atoms with Crippen molar-refractivity contribution in [2.75, 3.05) is 18.4 Å². The van der Waals surface area contributed by atoms with Crippen LogP contribution >= 0.6 is 24.0 Å². The number of fused-ring (bicyclic) bond motifs is 1. The zero-order valence-electron chi connectivity index (χ0n) is 14.6. The first-order chi connectivity index (χ1) is 11.1. The van der Waals surface area contributed by atoms with Gasteiger partial charge in [0.25, 0.3) is 0 Å². The van der Waals surface area contributed by atoms with E-state index in [1.165, 1.54) is 24.0 Å². The summed E-state index contributed by atoms with van der Waals surface area (Å²) in [6.45, 7) is 5.01. The summed E-state index contributed by atoms with van der Waals surface area (Å²) in [6, 6.07) is 6.33. The number of hydrogen-bond acceptors (Lipinski definition) is 2. The lowest BCUT2D eigenvalue weighted by atomic mass is 9.90. The van der Waals surface area contributed by atoms with Crippen LogP contribution in [0, 0.1) is 5.92 Å². The van der Waals surface area contributed by atoms with E-state index in [9.17, 15) is 4.79 Å². The molecule has 2 rings (SSSR count). The predicted octanol–water partition coefficient (Wildman–Crippen LogP) is 3.07. The molecule has 0 unspecified atom stereocenters. The van der Waals surface area contributed by atoms with Crippen molar-refractivity contribution in [1.29, 1.82) is 0 Å². The number of anilines is 1. The van der Waals surface area contributed by atoms with Crippen molar-refractivity contribution in [3.05, 3.63) is 29.3 Å². The van der Waals surface area contributed by atoms with Gasteiger partial charge in [-0.2, -0.15) is 0 Å². The molecule has 24 heavy (non-hydrogen) atoms. The third-order valence-electron chi connectivity index (χ3n) is 4.10. The molecule has 1 amide bonds. The minimum Gasteiger partial charge on any atom is -0.370 e. The van der Waals surface area contributed by atoms with Crippen LogP contribution in [-0.4, -0.2) is 25.0 Å². The lowest BCUT2D eigenvalue weighted by molar-refractivity contribution is -0.123. The second kappa shape index (κ2) is 10.5. The fraction of sp³-hybridized carbons (Fsp3) is 0.556. The molecular weight excluding hydrogens is 415 g/mol. The maximum absolute atomic E-state index is 11.4. The minimum atomic E-state index is 0. The minimum absolute atomic E-state index is 0. The predicted molar refractivity (Wildman–Crippen MR) is 111 cm³/mol. The smallest absolute Gasteiger partial charge is 0.222 e. The zero-order chi connectivity index (χ0) is 16.7. The molecule has 0 saturated heterocycles. The van der Waals surface area contributed by atoms with Crippen LogP contribution in [0.2, 0.25) is 0 Å². The van der Waals surface area contributed by atoms with Gasteiger partial charge in [-0.25, -0.2) is 0 Å². The van der Waals surface area contributed by atoms with Gasteiger partial charge in [-0.05, 0) is 49.3 Å². The van der Waals surface area contributed by atoms with Crippen molar-refractivity contribution >= 4 is 41.5 Å². The summed E-state index contributed by atoms with van der Waals surface area (Å²) in [5.74, 6) is 0.546. The highest BCUT2D eigenvalue weighted by atomic mass is 127. The largest absolute Gasteiger partial charge is 0.370 e. The van der Waals surface area contributed by atoms with Gasteiger partial charge in [-0.15, -0.1) is 24.0 Å². The van der Waals surface area contributed by atoms with Gasteiger partial charge in [0.15, 0.2) is 5.96 Å². The fourth-order valence-electron chi connectivity index (χ4n) is 2.77. The molecule has 0 spiro atoms. The molecule has 0 fully saturated rings. The Morgan fingerprint density at radius 2 is 2.04 bits per heavy atom. The SMILES string of the molecule is CC(C)C(=O)NCCCN=C(N)Nc1cccc2c1CCCC2.I. The molecule has 1 aromatic rings. The van der Waals surface area contributed by atoms with Crippen LogP contribution in [0.5, 0.6) is 0 Å². The van der Waals surface area contributed by atoms with E-state index < -0.39 is 0 Å². The molecule has 6 heteroatoms. The van der Waals surface area contributed by atoms with Gasteiger partial charge in [-0.3, -0.25) is 9.79 Å². The Morgan fingerprint density at radius 1 is 1.29 bits per heavy atom. The van der Waals surface area contributed by atoms with Crippen molar-refractivity contribution in [3.63, 3.8) is 0 Å². The summed E-state index contributed by atoms with van der Waals surface area (Å²) < 4.78 is 0. The van der Waals surface area contributed by atoms with Crippen LogP contribution in [0.3, 0.4) is 0 Å². The van der Waals surface area contributed by atoms with E-state index in [-0.39, 0.29) is 35.8 Å². The zero-order valence-corrected chi connectivity index (χ0v) is 16.9. The van der Waals surface area contributed by atoms with E-state index in [0.717, 1.165) is 24.9 Å². The van der Waals surface area contributed by atoms with Crippen LogP contribution in [0.25, 0.3) is 0 Å². The van der Waals surface area contributed by atoms with E-state index >= 15 is 0 Å². The standard InChI is InChI=1S/C18H28N4O.HI/c1-13(2)17(23)20-11-6-12-21-18(19)22-16-10-5-8-14-7-3-4-9-15(14)16;/h5,8,10,13H,3-4,6-7,9,11-12H2,1-2H3,(H,20,23)(H3,19,21,22);1H. The monoisotopic (exact) mass is 444 g/mol. The summed E-state index contributed by atoms with van der Waals surface area (Å²) >= 11 is 0. The normalized spacial score (nSPS) is 13.9. The van der Waals surface area contributed by atoms with E-state index in [4.69, 9.17) is 5.73 Å². The van der Waals surface area contributed by atoms with E-state index in [2.05, 4.69) is 33.8 Å². The molecule has 1 aliphatic rings. The molecule has 0 heterocycles. The van der Waals surface area contributed by atoms with Gasteiger partial charge in [0.2, 0.25) is 5.91 Å². The summed E-state index contributed by atoms with van der Waals surface area (Å²) in [4.78, 5) is 15.8. The first kappa shape index (κ1) is 20.7. The van der Waals surface area contributed by atoms with Crippen LogP contribution < -0.4 is 16.4 Å². The van der Waals surface area contributed by atoms with Crippen molar-refractivity contribution in [2.45, 2.75) is 46.0 Å². The number of carbonyl (C=O) groups excluding carboxylic acids is 1. The number of halogens is 1. The lowest BCUT2D eigenvalue weighted by Crippen LogP contribution is -2.29. The third-order valence-corrected chi connectivity index (χ3v) is 4.10. The molecule has 4 N–H and O–H groups in total. The number of guanidine groups is 1. The number of hydrogen-bond donors (Lipinski definition) is 3. The Kier molecular flexibility index (Phi) is 9.10. The highest BCUT2D eigenvalue weighted by molar-refractivity contribution is 14.0. The Morgan fingerprint density at radius 3 is 2.79 bits per heavy atom. The number of aliphatic imine (C=N–C) groups is 1. The number of rotatable bonds is 6.